The zero-order chi connectivity index (χ0) is 22.3. The van der Waals surface area contributed by atoms with Gasteiger partial charge in [0.25, 0.3) is 0 Å². The third-order valence-corrected chi connectivity index (χ3v) is 8.15. The second-order valence-electron chi connectivity index (χ2n) is 10.4. The van der Waals surface area contributed by atoms with E-state index in [1.807, 2.05) is 0 Å². The SMILES string of the molecule is CC(C(=NC1C2CC3CC1CC(O)(C3)C2)NC#N)N1CCCC(Oc2ccccc2F)C1. The maximum Gasteiger partial charge on any atom is 0.182 e. The number of rotatable bonds is 5. The van der Waals surface area contributed by atoms with Gasteiger partial charge in [-0.05, 0) is 88.3 Å². The van der Waals surface area contributed by atoms with Crippen LogP contribution in [0, 0.1) is 35.0 Å². The first-order chi connectivity index (χ1) is 15.4. The van der Waals surface area contributed by atoms with E-state index in [0.717, 1.165) is 51.5 Å². The quantitative estimate of drug-likeness (QED) is 0.317. The standard InChI is InChI=1S/C25H33FN4O2/c1-16(30-8-4-5-20(14-30)32-22-7-3-2-6-21(22)26)24(28-15-27)29-23-18-9-17-10-19(23)13-25(31,11-17)12-18/h2-3,6-7,16-20,23,31H,4-5,8-14H2,1H3,(H,28,29). The lowest BCUT2D eigenvalue weighted by atomic mass is 9.52. The van der Waals surface area contributed by atoms with Crippen molar-refractivity contribution in [2.24, 2.45) is 22.7 Å². The molecule has 4 saturated carbocycles. The lowest BCUT2D eigenvalue weighted by molar-refractivity contribution is -0.132. The molecule has 6 nitrogen and oxygen atoms in total. The predicted molar refractivity (Wildman–Crippen MR) is 120 cm³/mol. The molecule has 6 rings (SSSR count). The molecule has 1 aromatic carbocycles. The molecule has 0 spiro atoms. The van der Waals surface area contributed by atoms with Crippen LogP contribution in [0.1, 0.15) is 51.9 Å². The Bertz CT molecular complexity index is 899. The third kappa shape index (κ3) is 4.23. The predicted octanol–water partition coefficient (Wildman–Crippen LogP) is 3.47. The highest BCUT2D eigenvalue weighted by Crippen LogP contribution is 2.56. The average Bonchev–Trinajstić information content (AvgIpc) is 2.76. The Labute approximate surface area is 189 Å². The van der Waals surface area contributed by atoms with Crippen LogP contribution in [0.5, 0.6) is 5.75 Å². The first-order valence-corrected chi connectivity index (χ1v) is 12.0. The van der Waals surface area contributed by atoms with E-state index < -0.39 is 5.60 Å². The van der Waals surface area contributed by atoms with E-state index in [9.17, 15) is 14.8 Å². The molecule has 7 heteroatoms. The van der Waals surface area contributed by atoms with Crippen molar-refractivity contribution < 1.29 is 14.2 Å². The molecule has 1 aromatic rings. The molecule has 1 saturated heterocycles. The van der Waals surface area contributed by atoms with Gasteiger partial charge < -0.3 is 9.84 Å². The number of hydrogen-bond donors (Lipinski definition) is 2. The van der Waals surface area contributed by atoms with Crippen molar-refractivity contribution >= 4 is 5.84 Å². The fourth-order valence-electron chi connectivity index (χ4n) is 6.93. The molecule has 0 amide bonds. The molecule has 4 aliphatic carbocycles. The normalized spacial score (nSPS) is 37.7. The Morgan fingerprint density at radius 1 is 1.31 bits per heavy atom. The van der Waals surface area contributed by atoms with Gasteiger partial charge in [-0.15, -0.1) is 0 Å². The van der Waals surface area contributed by atoms with Crippen LogP contribution in [0.3, 0.4) is 0 Å². The minimum absolute atomic E-state index is 0.0538. The molecule has 1 heterocycles. The second kappa shape index (κ2) is 8.64. The number of nitrogens with zero attached hydrogens (tertiary/aromatic N) is 3. The van der Waals surface area contributed by atoms with Crippen LogP contribution in [0.2, 0.25) is 0 Å². The summed E-state index contributed by atoms with van der Waals surface area (Å²) in [7, 11) is 0. The molecule has 4 bridgehead atoms. The minimum Gasteiger partial charge on any atom is -0.486 e. The van der Waals surface area contributed by atoms with Gasteiger partial charge in [-0.1, -0.05) is 12.1 Å². The summed E-state index contributed by atoms with van der Waals surface area (Å²) < 4.78 is 20.0. The largest absolute Gasteiger partial charge is 0.486 e. The van der Waals surface area contributed by atoms with E-state index in [-0.39, 0.29) is 24.0 Å². The number of ether oxygens (including phenoxy) is 1. The summed E-state index contributed by atoms with van der Waals surface area (Å²) in [5.74, 6) is 2.12. The number of piperidine rings is 1. The van der Waals surface area contributed by atoms with E-state index in [4.69, 9.17) is 9.73 Å². The summed E-state index contributed by atoms with van der Waals surface area (Å²) in [5.41, 5.74) is -0.485. The average molecular weight is 441 g/mol. The van der Waals surface area contributed by atoms with Crippen molar-refractivity contribution in [3.05, 3.63) is 30.1 Å². The fourth-order valence-corrected chi connectivity index (χ4v) is 6.93. The van der Waals surface area contributed by atoms with Crippen LogP contribution >= 0.6 is 0 Å². The fraction of sp³-hybridized carbons (Fsp3) is 0.680. The smallest absolute Gasteiger partial charge is 0.182 e. The number of nitrogens with one attached hydrogen (secondary N) is 1. The zero-order valence-corrected chi connectivity index (χ0v) is 18.7. The molecular weight excluding hydrogens is 407 g/mol. The Balaban J connectivity index is 1.29. The summed E-state index contributed by atoms with van der Waals surface area (Å²) in [5, 5.41) is 23.2. The van der Waals surface area contributed by atoms with Crippen LogP contribution < -0.4 is 10.1 Å². The van der Waals surface area contributed by atoms with Gasteiger partial charge in [0.1, 0.15) is 11.9 Å². The van der Waals surface area contributed by atoms with E-state index in [1.165, 1.54) is 6.07 Å². The molecule has 5 fully saturated rings. The van der Waals surface area contributed by atoms with Crippen LogP contribution in [0.25, 0.3) is 0 Å². The van der Waals surface area contributed by atoms with Crippen molar-refractivity contribution in [3.8, 4) is 11.9 Å². The van der Waals surface area contributed by atoms with Crippen molar-refractivity contribution in [2.75, 3.05) is 13.1 Å². The van der Waals surface area contributed by atoms with Crippen molar-refractivity contribution in [2.45, 2.75) is 75.7 Å². The number of halogens is 1. The van der Waals surface area contributed by atoms with Gasteiger partial charge in [-0.2, -0.15) is 5.26 Å². The Morgan fingerprint density at radius 3 is 2.75 bits per heavy atom. The number of para-hydroxylation sites is 1. The van der Waals surface area contributed by atoms with E-state index in [1.54, 1.807) is 18.2 Å². The lowest BCUT2D eigenvalue weighted by Crippen LogP contribution is -2.57. The highest BCUT2D eigenvalue weighted by atomic mass is 19.1. The second-order valence-corrected chi connectivity index (χ2v) is 10.4. The summed E-state index contributed by atoms with van der Waals surface area (Å²) >= 11 is 0. The summed E-state index contributed by atoms with van der Waals surface area (Å²) in [4.78, 5) is 7.40. The molecule has 4 unspecified atom stereocenters. The molecular formula is C25H33FN4O2. The summed E-state index contributed by atoms with van der Waals surface area (Å²) in [6.45, 7) is 3.64. The van der Waals surface area contributed by atoms with Crippen molar-refractivity contribution in [1.29, 1.82) is 5.26 Å². The van der Waals surface area contributed by atoms with Crippen LogP contribution in [0.4, 0.5) is 4.39 Å². The number of aliphatic imine (C=N–C) groups is 1. The zero-order valence-electron chi connectivity index (χ0n) is 18.7. The topological polar surface area (TPSA) is 80.9 Å². The van der Waals surface area contributed by atoms with Crippen LogP contribution in [-0.2, 0) is 0 Å². The van der Waals surface area contributed by atoms with E-state index in [2.05, 4.69) is 23.3 Å². The van der Waals surface area contributed by atoms with Gasteiger partial charge in [0.15, 0.2) is 17.8 Å². The minimum atomic E-state index is -0.485. The third-order valence-electron chi connectivity index (χ3n) is 8.15. The van der Waals surface area contributed by atoms with Gasteiger partial charge in [0.05, 0.1) is 17.7 Å². The van der Waals surface area contributed by atoms with Gasteiger partial charge in [-0.3, -0.25) is 15.2 Å². The number of hydrogen-bond acceptors (Lipinski definition) is 5. The number of aliphatic hydroxyl groups is 1. The number of benzene rings is 1. The Kier molecular flexibility index (Phi) is 5.85. The van der Waals surface area contributed by atoms with Crippen LogP contribution in [0.15, 0.2) is 29.3 Å². The summed E-state index contributed by atoms with van der Waals surface area (Å²) in [6.07, 6.45) is 8.73. The molecule has 1 aliphatic heterocycles. The lowest BCUT2D eigenvalue weighted by Gasteiger charge is -2.57. The molecule has 4 atom stereocenters. The number of amidine groups is 1. The maximum atomic E-state index is 14.0. The molecule has 32 heavy (non-hydrogen) atoms. The molecule has 5 aliphatic rings. The highest BCUT2D eigenvalue weighted by molar-refractivity contribution is 5.88. The first-order valence-electron chi connectivity index (χ1n) is 12.0. The number of nitriles is 1. The molecule has 0 aromatic heterocycles. The van der Waals surface area contributed by atoms with Gasteiger partial charge in [-0.25, -0.2) is 4.39 Å². The number of likely N-dealkylation sites (tertiary alicyclic amines) is 1. The van der Waals surface area contributed by atoms with Crippen LogP contribution in [-0.4, -0.2) is 52.7 Å². The van der Waals surface area contributed by atoms with E-state index in [0.29, 0.717) is 35.9 Å². The Morgan fingerprint density at radius 2 is 2.06 bits per heavy atom. The molecule has 2 N–H and O–H groups in total. The molecule has 172 valence electrons. The highest BCUT2D eigenvalue weighted by Gasteiger charge is 2.55. The van der Waals surface area contributed by atoms with Crippen molar-refractivity contribution in [3.63, 3.8) is 0 Å². The Hall–Kier alpha value is -2.17. The van der Waals surface area contributed by atoms with Gasteiger partial charge in [0, 0.05) is 6.54 Å². The monoisotopic (exact) mass is 440 g/mol. The van der Waals surface area contributed by atoms with Crippen molar-refractivity contribution in [1.82, 2.24) is 10.2 Å². The molecule has 0 radical (unpaired) electrons. The first kappa shape index (κ1) is 21.7. The maximum absolute atomic E-state index is 14.0. The van der Waals surface area contributed by atoms with E-state index >= 15 is 0 Å². The summed E-state index contributed by atoms with van der Waals surface area (Å²) in [6, 6.07) is 6.66. The van der Waals surface area contributed by atoms with Gasteiger partial charge >= 0.3 is 0 Å². The van der Waals surface area contributed by atoms with Gasteiger partial charge in [0.2, 0.25) is 0 Å².